The third-order valence-corrected chi connectivity index (χ3v) is 5.79. The smallest absolute Gasteiger partial charge is 0.462 e. The van der Waals surface area contributed by atoms with E-state index >= 15 is 0 Å². The maximum atomic E-state index is 10.8. The number of aliphatic hydroxyl groups is 3. The Bertz CT molecular complexity index is 714. The van der Waals surface area contributed by atoms with Gasteiger partial charge in [0.1, 0.15) is 24.1 Å². The van der Waals surface area contributed by atoms with Crippen molar-refractivity contribution in [2.75, 3.05) is 20.6 Å². The number of hydrogen-bond donors (Lipinski definition) is 4. The molecule has 0 amide bonds. The zero-order chi connectivity index (χ0) is 21.8. The summed E-state index contributed by atoms with van der Waals surface area (Å²) in [5.74, 6) is 1.34. The van der Waals surface area contributed by atoms with Gasteiger partial charge in [-0.1, -0.05) is 25.0 Å². The number of carbonyl (C=O) groups is 1. The SMILES string of the molecule is CN(C)CC1CCCC[C@H]1c1cccc(OC2O[C@H](OC(=O)O)C(O)C(O)C2O)c1. The first-order chi connectivity index (χ1) is 14.3. The summed E-state index contributed by atoms with van der Waals surface area (Å²) >= 11 is 0. The monoisotopic (exact) mass is 425 g/mol. The predicted molar refractivity (Wildman–Crippen MR) is 106 cm³/mol. The van der Waals surface area contributed by atoms with Crippen LogP contribution in [0.25, 0.3) is 0 Å². The van der Waals surface area contributed by atoms with Crippen molar-refractivity contribution in [1.29, 1.82) is 0 Å². The fourth-order valence-electron chi connectivity index (χ4n) is 4.40. The molecule has 1 aromatic carbocycles. The highest BCUT2D eigenvalue weighted by molar-refractivity contribution is 5.57. The molecule has 0 radical (unpaired) electrons. The highest BCUT2D eigenvalue weighted by Gasteiger charge is 2.47. The van der Waals surface area contributed by atoms with Crippen molar-refractivity contribution in [2.24, 2.45) is 5.92 Å². The molecule has 4 N–H and O–H groups in total. The molecule has 30 heavy (non-hydrogen) atoms. The number of nitrogens with zero attached hydrogens (tertiary/aromatic N) is 1. The molecule has 9 heteroatoms. The Morgan fingerprint density at radius 3 is 2.50 bits per heavy atom. The van der Waals surface area contributed by atoms with E-state index in [0.29, 0.717) is 17.6 Å². The molecule has 0 bridgehead atoms. The second-order valence-electron chi connectivity index (χ2n) is 8.33. The minimum Gasteiger partial charge on any atom is -0.462 e. The summed E-state index contributed by atoms with van der Waals surface area (Å²) in [6.45, 7) is 0.999. The summed E-state index contributed by atoms with van der Waals surface area (Å²) < 4.78 is 15.4. The Morgan fingerprint density at radius 2 is 1.80 bits per heavy atom. The Balaban J connectivity index is 1.74. The minimum absolute atomic E-state index is 0.386. The molecule has 7 atom stereocenters. The average Bonchev–Trinajstić information content (AvgIpc) is 2.70. The van der Waals surface area contributed by atoms with Gasteiger partial charge in [0.05, 0.1) is 0 Å². The fraction of sp³-hybridized carbons (Fsp3) is 0.667. The number of ether oxygens (including phenoxy) is 3. The van der Waals surface area contributed by atoms with Crippen molar-refractivity contribution in [3.8, 4) is 5.75 Å². The lowest BCUT2D eigenvalue weighted by atomic mass is 9.75. The zero-order valence-electron chi connectivity index (χ0n) is 17.3. The molecule has 0 spiro atoms. The van der Waals surface area contributed by atoms with Gasteiger partial charge in [-0.2, -0.15) is 0 Å². The maximum Gasteiger partial charge on any atom is 0.508 e. The van der Waals surface area contributed by atoms with Gasteiger partial charge in [-0.05, 0) is 56.5 Å². The lowest BCUT2D eigenvalue weighted by Gasteiger charge is -2.39. The first kappa shape index (κ1) is 22.8. The Morgan fingerprint density at radius 1 is 1.10 bits per heavy atom. The van der Waals surface area contributed by atoms with Crippen LogP contribution in [-0.2, 0) is 9.47 Å². The van der Waals surface area contributed by atoms with Crippen LogP contribution in [0, 0.1) is 5.92 Å². The van der Waals surface area contributed by atoms with Crippen LogP contribution in [-0.4, -0.2) is 83.0 Å². The van der Waals surface area contributed by atoms with Crippen LogP contribution in [0.3, 0.4) is 0 Å². The van der Waals surface area contributed by atoms with Gasteiger partial charge in [-0.3, -0.25) is 4.74 Å². The summed E-state index contributed by atoms with van der Waals surface area (Å²) in [6, 6.07) is 7.50. The summed E-state index contributed by atoms with van der Waals surface area (Å²) in [6.07, 6.45) is -5.08. The first-order valence-electron chi connectivity index (χ1n) is 10.3. The lowest BCUT2D eigenvalue weighted by Crippen LogP contribution is -2.60. The molecule has 3 rings (SSSR count). The molecule has 1 aromatic rings. The summed E-state index contributed by atoms with van der Waals surface area (Å²) in [5.41, 5.74) is 1.13. The van der Waals surface area contributed by atoms with E-state index in [1.54, 1.807) is 6.07 Å². The van der Waals surface area contributed by atoms with Crippen LogP contribution in [0.5, 0.6) is 5.75 Å². The topological polar surface area (TPSA) is 129 Å². The molecule has 1 saturated carbocycles. The van der Waals surface area contributed by atoms with E-state index in [9.17, 15) is 20.1 Å². The van der Waals surface area contributed by atoms with Gasteiger partial charge >= 0.3 is 6.16 Å². The summed E-state index contributed by atoms with van der Waals surface area (Å²) in [5, 5.41) is 38.9. The lowest BCUT2D eigenvalue weighted by molar-refractivity contribution is -0.321. The Labute approximate surface area is 175 Å². The molecule has 1 aliphatic heterocycles. The van der Waals surface area contributed by atoms with Crippen LogP contribution >= 0.6 is 0 Å². The molecular formula is C21H31NO8. The van der Waals surface area contributed by atoms with Crippen LogP contribution < -0.4 is 4.74 Å². The van der Waals surface area contributed by atoms with E-state index in [1.807, 2.05) is 12.1 Å². The molecular weight excluding hydrogens is 394 g/mol. The van der Waals surface area contributed by atoms with Crippen molar-refractivity contribution in [3.05, 3.63) is 29.8 Å². The van der Waals surface area contributed by atoms with E-state index < -0.39 is 37.0 Å². The largest absolute Gasteiger partial charge is 0.508 e. The van der Waals surface area contributed by atoms with Crippen molar-refractivity contribution in [3.63, 3.8) is 0 Å². The van der Waals surface area contributed by atoms with Gasteiger partial charge in [-0.25, -0.2) is 4.79 Å². The standard InChI is InChI=1S/C21H31NO8/c1-22(2)11-13-6-3-4-9-15(13)12-7-5-8-14(10-12)28-19-17(24)16(23)18(25)20(29-19)30-21(26)27/h5,7-8,10,13,15-20,23-25H,3-4,6,9,11H2,1-2H3,(H,26,27)/t13?,15-,16?,17?,18?,19?,20+/m0/s1. The molecule has 9 nitrogen and oxygen atoms in total. The molecule has 1 heterocycles. The van der Waals surface area contributed by atoms with Gasteiger partial charge in [0.15, 0.2) is 0 Å². The van der Waals surface area contributed by atoms with E-state index in [2.05, 4.69) is 29.8 Å². The number of aliphatic hydroxyl groups excluding tert-OH is 3. The van der Waals surface area contributed by atoms with E-state index in [4.69, 9.17) is 14.6 Å². The molecule has 1 saturated heterocycles. The molecule has 1 aliphatic carbocycles. The third-order valence-electron chi connectivity index (χ3n) is 5.79. The van der Waals surface area contributed by atoms with Crippen LogP contribution in [0.2, 0.25) is 0 Å². The molecule has 2 fully saturated rings. The van der Waals surface area contributed by atoms with Crippen LogP contribution in [0.4, 0.5) is 4.79 Å². The van der Waals surface area contributed by atoms with Crippen molar-refractivity contribution >= 4 is 6.16 Å². The van der Waals surface area contributed by atoms with Crippen LogP contribution in [0.15, 0.2) is 24.3 Å². The predicted octanol–water partition coefficient (Wildman–Crippen LogP) is 1.36. The van der Waals surface area contributed by atoms with E-state index in [-0.39, 0.29) is 0 Å². The van der Waals surface area contributed by atoms with Crippen molar-refractivity contribution in [2.45, 2.75) is 62.5 Å². The van der Waals surface area contributed by atoms with Gasteiger partial charge in [0.25, 0.3) is 0 Å². The molecule has 5 unspecified atom stereocenters. The van der Waals surface area contributed by atoms with Crippen molar-refractivity contribution < 1.29 is 39.4 Å². The first-order valence-corrected chi connectivity index (χ1v) is 10.3. The Kier molecular flexibility index (Phi) is 7.54. The number of benzene rings is 1. The van der Waals surface area contributed by atoms with Crippen LogP contribution in [0.1, 0.15) is 37.2 Å². The van der Waals surface area contributed by atoms with Gasteiger partial charge in [0, 0.05) is 6.54 Å². The summed E-state index contributed by atoms with van der Waals surface area (Å²) in [4.78, 5) is 13.0. The average molecular weight is 425 g/mol. The second-order valence-corrected chi connectivity index (χ2v) is 8.33. The quantitative estimate of drug-likeness (QED) is 0.499. The third kappa shape index (κ3) is 5.41. The zero-order valence-corrected chi connectivity index (χ0v) is 17.3. The molecule has 168 valence electrons. The van der Waals surface area contributed by atoms with Gasteiger partial charge < -0.3 is 34.8 Å². The summed E-state index contributed by atoms with van der Waals surface area (Å²) in [7, 11) is 4.14. The number of rotatable bonds is 6. The highest BCUT2D eigenvalue weighted by atomic mass is 16.8. The number of carboxylic acid groups (broad SMARTS) is 1. The molecule has 2 aliphatic rings. The van der Waals surface area contributed by atoms with Gasteiger partial charge in [-0.15, -0.1) is 0 Å². The molecule has 0 aromatic heterocycles. The number of hydrogen-bond acceptors (Lipinski definition) is 8. The van der Waals surface area contributed by atoms with E-state index in [1.165, 1.54) is 12.8 Å². The second kappa shape index (κ2) is 9.93. The maximum absolute atomic E-state index is 10.8. The minimum atomic E-state index is -1.73. The Hall–Kier alpha value is -1.91. The normalized spacial score (nSPS) is 34.5. The van der Waals surface area contributed by atoms with E-state index in [0.717, 1.165) is 24.9 Å². The highest BCUT2D eigenvalue weighted by Crippen LogP contribution is 2.39. The fourth-order valence-corrected chi connectivity index (χ4v) is 4.40. The van der Waals surface area contributed by atoms with Crippen molar-refractivity contribution in [1.82, 2.24) is 4.90 Å². The van der Waals surface area contributed by atoms with Gasteiger partial charge in [0.2, 0.25) is 12.6 Å².